The predicted molar refractivity (Wildman–Crippen MR) is 76.2 cm³/mol. The van der Waals surface area contributed by atoms with Gasteiger partial charge in [-0.2, -0.15) is 0 Å². The van der Waals surface area contributed by atoms with Crippen molar-refractivity contribution in [2.45, 2.75) is 20.0 Å². The minimum atomic E-state index is -0.370. The summed E-state index contributed by atoms with van der Waals surface area (Å²) in [7, 11) is 0. The Morgan fingerprint density at radius 3 is 3.05 bits per heavy atom. The molecule has 2 aromatic rings. The van der Waals surface area contributed by atoms with Crippen LogP contribution in [-0.2, 0) is 13.1 Å². The maximum Gasteiger partial charge on any atom is 0.269 e. The van der Waals surface area contributed by atoms with E-state index in [0.717, 1.165) is 18.7 Å². The van der Waals surface area contributed by atoms with E-state index in [-0.39, 0.29) is 10.6 Å². The lowest BCUT2D eigenvalue weighted by Crippen LogP contribution is -2.23. The van der Waals surface area contributed by atoms with Crippen LogP contribution < -0.4 is 5.32 Å². The molecule has 0 saturated heterocycles. The minimum absolute atomic E-state index is 0.135. The number of imidazole rings is 1. The quantitative estimate of drug-likeness (QED) is 0.620. The van der Waals surface area contributed by atoms with Crippen LogP contribution in [-0.4, -0.2) is 21.0 Å². The van der Waals surface area contributed by atoms with Crippen LogP contribution in [0.2, 0.25) is 0 Å². The van der Waals surface area contributed by atoms with E-state index in [4.69, 9.17) is 0 Å². The lowest BCUT2D eigenvalue weighted by molar-refractivity contribution is -0.384. The van der Waals surface area contributed by atoms with Crippen LogP contribution in [0.5, 0.6) is 0 Å². The van der Waals surface area contributed by atoms with E-state index >= 15 is 0 Å². The minimum Gasteiger partial charge on any atom is -0.337 e. The zero-order valence-electron chi connectivity index (χ0n) is 11.4. The lowest BCUT2D eigenvalue weighted by Gasteiger charge is -2.13. The maximum atomic E-state index is 10.7. The van der Waals surface area contributed by atoms with Crippen molar-refractivity contribution >= 4 is 5.69 Å². The second-order valence-corrected chi connectivity index (χ2v) is 4.92. The molecule has 6 heteroatoms. The molecule has 0 aliphatic heterocycles. The summed E-state index contributed by atoms with van der Waals surface area (Å²) >= 11 is 0. The molecule has 0 radical (unpaired) electrons. The van der Waals surface area contributed by atoms with Crippen molar-refractivity contribution in [2.75, 3.05) is 6.54 Å². The van der Waals surface area contributed by atoms with Gasteiger partial charge in [-0.25, -0.2) is 4.98 Å². The van der Waals surface area contributed by atoms with E-state index in [1.54, 1.807) is 24.7 Å². The van der Waals surface area contributed by atoms with E-state index in [2.05, 4.69) is 17.2 Å². The molecule has 1 heterocycles. The third-order valence-corrected chi connectivity index (χ3v) is 3.02. The van der Waals surface area contributed by atoms with Gasteiger partial charge in [-0.05, 0) is 18.0 Å². The number of non-ortho nitro benzene ring substituents is 1. The van der Waals surface area contributed by atoms with Crippen molar-refractivity contribution < 1.29 is 4.92 Å². The van der Waals surface area contributed by atoms with Gasteiger partial charge in [-0.3, -0.25) is 10.1 Å². The monoisotopic (exact) mass is 274 g/mol. The first kappa shape index (κ1) is 14.2. The fourth-order valence-corrected chi connectivity index (χ4v) is 2.06. The number of hydrogen-bond acceptors (Lipinski definition) is 4. The molecule has 1 N–H and O–H groups in total. The Morgan fingerprint density at radius 1 is 1.50 bits per heavy atom. The summed E-state index contributed by atoms with van der Waals surface area (Å²) in [5, 5.41) is 14.0. The molecule has 0 aliphatic carbocycles. The first-order valence-corrected chi connectivity index (χ1v) is 6.55. The number of benzene rings is 1. The molecule has 0 spiro atoms. The van der Waals surface area contributed by atoms with Gasteiger partial charge in [0.05, 0.1) is 11.3 Å². The highest BCUT2D eigenvalue weighted by molar-refractivity contribution is 5.34. The Kier molecular flexibility index (Phi) is 4.84. The maximum absolute atomic E-state index is 10.7. The van der Waals surface area contributed by atoms with Gasteiger partial charge in [0.25, 0.3) is 5.69 Å². The molecule has 1 aromatic heterocycles. The van der Waals surface area contributed by atoms with Gasteiger partial charge in [-0.1, -0.05) is 19.1 Å². The van der Waals surface area contributed by atoms with Crippen LogP contribution in [0.4, 0.5) is 5.69 Å². The van der Waals surface area contributed by atoms with Gasteiger partial charge in [0.15, 0.2) is 0 Å². The van der Waals surface area contributed by atoms with Gasteiger partial charge in [0.1, 0.15) is 0 Å². The Hall–Kier alpha value is -2.21. The van der Waals surface area contributed by atoms with E-state index in [9.17, 15) is 10.1 Å². The summed E-state index contributed by atoms with van der Waals surface area (Å²) in [6.07, 6.45) is 5.51. The van der Waals surface area contributed by atoms with Crippen molar-refractivity contribution in [3.05, 3.63) is 58.7 Å². The Balaban J connectivity index is 1.78. The molecule has 1 atom stereocenters. The Bertz CT molecular complexity index is 554. The third kappa shape index (κ3) is 4.17. The highest BCUT2D eigenvalue weighted by Crippen LogP contribution is 2.12. The summed E-state index contributed by atoms with van der Waals surface area (Å²) in [6, 6.07) is 6.71. The Labute approximate surface area is 117 Å². The molecule has 1 unspecified atom stereocenters. The van der Waals surface area contributed by atoms with Crippen LogP contribution in [0.25, 0.3) is 0 Å². The Morgan fingerprint density at radius 2 is 2.35 bits per heavy atom. The molecule has 2 rings (SSSR count). The number of nitrogens with one attached hydrogen (secondary N) is 1. The molecule has 106 valence electrons. The lowest BCUT2D eigenvalue weighted by atomic mass is 10.1. The van der Waals surface area contributed by atoms with Crippen molar-refractivity contribution in [2.24, 2.45) is 5.92 Å². The van der Waals surface area contributed by atoms with Gasteiger partial charge < -0.3 is 9.88 Å². The van der Waals surface area contributed by atoms with Gasteiger partial charge in [0, 0.05) is 37.6 Å². The summed E-state index contributed by atoms with van der Waals surface area (Å²) in [5.74, 6) is 0.461. The molecule has 1 aromatic carbocycles. The third-order valence-electron chi connectivity index (χ3n) is 3.02. The standard InChI is InChI=1S/C14H18N4O2/c1-12(10-17-6-5-15-11-17)8-16-9-13-3-2-4-14(7-13)18(19)20/h2-7,11-12,16H,8-10H2,1H3. The number of rotatable bonds is 7. The molecule has 6 nitrogen and oxygen atoms in total. The highest BCUT2D eigenvalue weighted by Gasteiger charge is 2.06. The SMILES string of the molecule is CC(CNCc1cccc([N+](=O)[O-])c1)Cn1ccnc1. The molecule has 0 aliphatic rings. The molecule has 0 bridgehead atoms. The van der Waals surface area contributed by atoms with Crippen LogP contribution in [0.3, 0.4) is 0 Å². The highest BCUT2D eigenvalue weighted by atomic mass is 16.6. The van der Waals surface area contributed by atoms with Gasteiger partial charge >= 0.3 is 0 Å². The first-order chi connectivity index (χ1) is 9.65. The van der Waals surface area contributed by atoms with E-state index in [0.29, 0.717) is 12.5 Å². The van der Waals surface area contributed by atoms with Crippen LogP contribution >= 0.6 is 0 Å². The molecule has 0 amide bonds. The molecule has 20 heavy (non-hydrogen) atoms. The van der Waals surface area contributed by atoms with E-state index < -0.39 is 0 Å². The smallest absolute Gasteiger partial charge is 0.269 e. The summed E-state index contributed by atoms with van der Waals surface area (Å²) in [5.41, 5.74) is 1.06. The number of nitro benzene ring substituents is 1. The average Bonchev–Trinajstić information content (AvgIpc) is 2.92. The van der Waals surface area contributed by atoms with E-state index in [1.165, 1.54) is 6.07 Å². The molecule has 0 saturated carbocycles. The predicted octanol–water partition coefficient (Wildman–Crippen LogP) is 2.22. The number of hydrogen-bond donors (Lipinski definition) is 1. The van der Waals surface area contributed by atoms with Crippen molar-refractivity contribution in [1.82, 2.24) is 14.9 Å². The summed E-state index contributed by atoms with van der Waals surface area (Å²) in [4.78, 5) is 14.3. The fraction of sp³-hybridized carbons (Fsp3) is 0.357. The van der Waals surface area contributed by atoms with Crippen molar-refractivity contribution in [3.8, 4) is 0 Å². The number of nitrogens with zero attached hydrogens (tertiary/aromatic N) is 3. The van der Waals surface area contributed by atoms with Crippen LogP contribution in [0.15, 0.2) is 43.0 Å². The average molecular weight is 274 g/mol. The second kappa shape index (κ2) is 6.81. The molecular formula is C14H18N4O2. The largest absolute Gasteiger partial charge is 0.337 e. The van der Waals surface area contributed by atoms with Crippen molar-refractivity contribution in [1.29, 1.82) is 0 Å². The number of nitro groups is 1. The zero-order valence-corrected chi connectivity index (χ0v) is 11.4. The second-order valence-electron chi connectivity index (χ2n) is 4.92. The van der Waals surface area contributed by atoms with Gasteiger partial charge in [-0.15, -0.1) is 0 Å². The van der Waals surface area contributed by atoms with Crippen LogP contribution in [0.1, 0.15) is 12.5 Å². The normalized spacial score (nSPS) is 12.2. The van der Waals surface area contributed by atoms with Crippen molar-refractivity contribution in [3.63, 3.8) is 0 Å². The molecule has 0 fully saturated rings. The topological polar surface area (TPSA) is 73.0 Å². The molecular weight excluding hydrogens is 256 g/mol. The summed E-state index contributed by atoms with van der Waals surface area (Å²) < 4.78 is 2.04. The summed E-state index contributed by atoms with van der Waals surface area (Å²) in [6.45, 7) is 4.54. The van der Waals surface area contributed by atoms with E-state index in [1.807, 2.05) is 16.8 Å². The first-order valence-electron chi connectivity index (χ1n) is 6.55. The zero-order chi connectivity index (χ0) is 14.4. The van der Waals surface area contributed by atoms with Gasteiger partial charge in [0.2, 0.25) is 0 Å². The van der Waals surface area contributed by atoms with Crippen LogP contribution in [0, 0.1) is 16.0 Å². The number of aromatic nitrogens is 2. The fourth-order valence-electron chi connectivity index (χ4n) is 2.06.